The molecule has 2 saturated heterocycles. The molecule has 14 rings (SSSR count). The van der Waals surface area contributed by atoms with Crippen LogP contribution in [-0.4, -0.2) is 268 Å². The van der Waals surface area contributed by atoms with Crippen molar-refractivity contribution in [2.45, 2.75) is 186 Å². The van der Waals surface area contributed by atoms with Crippen LogP contribution in [0, 0.1) is 69.0 Å². The maximum Gasteiger partial charge on any atom is 0.338 e. The molecule has 12 aliphatic rings. The molecule has 0 amide bonds. The molecule has 530 valence electrons. The first-order valence-corrected chi connectivity index (χ1v) is 34.9. The number of hydrogen-bond acceptors (Lipinski definition) is 24. The number of rotatable bonds is 25. The van der Waals surface area contributed by atoms with Crippen LogP contribution in [0.4, 0.5) is 0 Å². The van der Waals surface area contributed by atoms with Crippen LogP contribution in [0.1, 0.15) is 98.8 Å². The quantitative estimate of drug-likeness (QED) is 0.0473. The van der Waals surface area contributed by atoms with E-state index in [1.807, 2.05) is 13.8 Å². The Hall–Kier alpha value is -4.32. The number of carbonyl (C=O) groups is 4. The monoisotopic (exact) mass is 1340 g/mol. The van der Waals surface area contributed by atoms with Crippen molar-refractivity contribution in [3.05, 3.63) is 71.8 Å². The summed E-state index contributed by atoms with van der Waals surface area (Å²) in [4.78, 5) is 64.0. The fraction of sp³-hybridized carbons (Fsp3) is 0.778. The smallest absolute Gasteiger partial charge is 0.338 e. The van der Waals surface area contributed by atoms with Crippen LogP contribution >= 0.6 is 0 Å². The molecule has 2 aromatic rings. The number of nitrogens with zero attached hydrogens (tertiary/aromatic N) is 2. The minimum absolute atomic E-state index is 0.0343. The molecule has 2 aliphatic heterocycles. The number of fused-ring (bicyclic) bond motifs is 4. The lowest BCUT2D eigenvalue weighted by Gasteiger charge is -2.70. The molecule has 2 spiro atoms. The highest BCUT2D eigenvalue weighted by atomic mass is 16.6. The number of carbonyl (C=O) groups excluding carboxylic acids is 4. The third-order valence-corrected chi connectivity index (χ3v) is 27.8. The minimum atomic E-state index is -1.99. The Labute approximate surface area is 561 Å². The van der Waals surface area contributed by atoms with Gasteiger partial charge in [0.15, 0.2) is 11.2 Å². The van der Waals surface area contributed by atoms with E-state index in [0.29, 0.717) is 39.0 Å². The summed E-state index contributed by atoms with van der Waals surface area (Å²) >= 11 is 0. The SMILES string of the molecule is CCN1C[C@]2(COC)[C@H](O)C[C@H](OC)[C@@]34[C@@H]5C[C@@]6(O)[C@H](OC(=O)c7ccccc7)[C@@H]5[C@@](OC(=O)CCCCCCC(=O)O[C@@]57[C@@H]8[C@H](OC)[C@@H]9[C@]%10(COC)CN(CC)[C@H]8[C@]9([C@@H](OC)C[C@H]%10O)[C@@H]8C[C@@](O)([C@H](OC(=O)c9ccccc9)[C@@H]85)[C@@H](OC)[C@@H]7O)([C@H]([C@H](OC)[C@H]23)[C@@H]14)[C@@H](O)[C@@H]6OC. The predicted molar refractivity (Wildman–Crippen MR) is 337 cm³/mol. The van der Waals surface area contributed by atoms with Gasteiger partial charge in [0.1, 0.15) is 47.8 Å². The molecule has 0 radical (unpaired) electrons. The van der Waals surface area contributed by atoms with Gasteiger partial charge in [-0.2, -0.15) is 0 Å². The van der Waals surface area contributed by atoms with Gasteiger partial charge in [-0.15, -0.1) is 0 Å². The Bertz CT molecular complexity index is 3040. The van der Waals surface area contributed by atoms with Crippen molar-refractivity contribution in [2.75, 3.05) is 96.3 Å². The highest BCUT2D eigenvalue weighted by molar-refractivity contribution is 5.90. The molecule has 14 bridgehead atoms. The molecular weight excluding hydrogens is 1240 g/mol. The number of likely N-dealkylation sites (tertiary alicyclic amines) is 2. The van der Waals surface area contributed by atoms with Crippen molar-refractivity contribution < 1.29 is 107 Å². The van der Waals surface area contributed by atoms with E-state index in [-0.39, 0.29) is 75.7 Å². The molecule has 24 nitrogen and oxygen atoms in total. The van der Waals surface area contributed by atoms with Crippen LogP contribution in [-0.2, 0) is 66.4 Å². The minimum Gasteiger partial charge on any atom is -0.455 e. The first kappa shape index (κ1) is 68.8. The fourth-order valence-corrected chi connectivity index (χ4v) is 25.5. The number of benzene rings is 2. The van der Waals surface area contributed by atoms with Gasteiger partial charge in [0.05, 0.1) is 61.0 Å². The number of hydrogen-bond donors (Lipinski definition) is 6. The standard InChI is InChI=1S/C72H100N2O22/c1-11-73-33-65(35-85-3)41(75)29-43(87-5)69-39-31-67(83)59(93-63(81)37-23-17-15-18-24-37)47(39)71(57(79)61(67)91-9,49(55(69)73)51(89-7)53(65)69)95-45(77)27-21-13-14-22-28-46(78)96-72-48-40(32-68(84,62(92-10)58(72)80)60(48)94-64(82)38-25-19-16-20-26-38)70-44(88-6)30-42(76)66(36-86-4)34-74(12-2)56(70)50(72)52(90-8)54(66)70/h15-20,23-26,39-44,47-62,75-76,79-80,83-84H,11-14,21-22,27-36H2,1-10H3/t39-,40-,41-,42-,43+,44+,47-,48-,49-,50-,51+,52+,53-,54-,55-,56-,57+,58+,59-,60-,61+,62+,65+,66+,67-,68-,69+,70+,71-,72-/m1/s1. The zero-order valence-corrected chi connectivity index (χ0v) is 56.9. The third-order valence-electron chi connectivity index (χ3n) is 27.8. The van der Waals surface area contributed by atoms with Crippen LogP contribution in [0.15, 0.2) is 60.7 Å². The lowest BCUT2D eigenvalue weighted by molar-refractivity contribution is -0.323. The Morgan fingerprint density at radius 2 is 0.865 bits per heavy atom. The van der Waals surface area contributed by atoms with Gasteiger partial charge in [0, 0.05) is 165 Å². The van der Waals surface area contributed by atoms with Gasteiger partial charge < -0.3 is 87.5 Å². The second-order valence-corrected chi connectivity index (χ2v) is 30.5. The van der Waals surface area contributed by atoms with Crippen molar-refractivity contribution in [3.8, 4) is 0 Å². The van der Waals surface area contributed by atoms with E-state index in [9.17, 15) is 40.2 Å². The van der Waals surface area contributed by atoms with Crippen molar-refractivity contribution in [2.24, 2.45) is 69.0 Å². The zero-order valence-electron chi connectivity index (χ0n) is 56.9. The molecule has 10 aliphatic carbocycles. The van der Waals surface area contributed by atoms with Crippen LogP contribution in [0.5, 0.6) is 0 Å². The van der Waals surface area contributed by atoms with Crippen LogP contribution in [0.2, 0.25) is 0 Å². The molecule has 30 atom stereocenters. The Balaban J connectivity index is 0.764. The number of aliphatic hydroxyl groups excluding tert-OH is 4. The molecule has 0 unspecified atom stereocenters. The van der Waals surface area contributed by atoms with Crippen molar-refractivity contribution in [1.29, 1.82) is 0 Å². The first-order valence-electron chi connectivity index (χ1n) is 34.9. The molecule has 2 heterocycles. The lowest BCUT2D eigenvalue weighted by Crippen LogP contribution is -2.81. The molecule has 6 N–H and O–H groups in total. The van der Waals surface area contributed by atoms with Gasteiger partial charge in [-0.3, -0.25) is 19.4 Å². The summed E-state index contributed by atoms with van der Waals surface area (Å²) in [5.41, 5.74) is -11.1. The molecule has 12 fully saturated rings. The Kier molecular flexibility index (Phi) is 17.7. The highest BCUT2D eigenvalue weighted by Crippen LogP contribution is 2.83. The molecular formula is C72H100N2O22. The summed E-state index contributed by atoms with van der Waals surface area (Å²) in [6.07, 6.45) is -12.1. The number of unbranched alkanes of at least 4 members (excludes halogenated alkanes) is 3. The maximum absolute atomic E-state index is 15.3. The van der Waals surface area contributed by atoms with Gasteiger partial charge in [-0.25, -0.2) is 9.59 Å². The average molecular weight is 1350 g/mol. The lowest BCUT2D eigenvalue weighted by atomic mass is 9.42. The summed E-state index contributed by atoms with van der Waals surface area (Å²) in [5, 5.41) is 78.6. The van der Waals surface area contributed by atoms with Gasteiger partial charge >= 0.3 is 23.9 Å². The van der Waals surface area contributed by atoms with E-state index < -0.39 is 201 Å². The molecule has 0 aromatic heterocycles. The zero-order chi connectivity index (χ0) is 68.2. The van der Waals surface area contributed by atoms with E-state index in [1.54, 1.807) is 103 Å². The predicted octanol–water partition coefficient (Wildman–Crippen LogP) is 2.61. The first-order chi connectivity index (χ1) is 46.1. The largest absolute Gasteiger partial charge is 0.455 e. The second-order valence-electron chi connectivity index (χ2n) is 30.5. The number of aliphatic hydroxyl groups is 6. The maximum atomic E-state index is 15.3. The average Bonchev–Trinajstić information content (AvgIpc) is 1.45. The van der Waals surface area contributed by atoms with Gasteiger partial charge in [-0.1, -0.05) is 63.1 Å². The third kappa shape index (κ3) is 8.58. The number of piperidine rings is 2. The topological polar surface area (TPSA) is 307 Å². The Morgan fingerprint density at radius 3 is 1.19 bits per heavy atom. The molecule has 2 aromatic carbocycles. The number of esters is 4. The molecule has 96 heavy (non-hydrogen) atoms. The van der Waals surface area contributed by atoms with Crippen molar-refractivity contribution >= 4 is 23.9 Å². The van der Waals surface area contributed by atoms with E-state index in [4.69, 9.17) is 56.8 Å². The highest BCUT2D eigenvalue weighted by Gasteiger charge is 2.95. The van der Waals surface area contributed by atoms with E-state index >= 15 is 9.59 Å². The molecule has 24 heteroatoms. The normalized spacial score (nSPS) is 48.5. The summed E-state index contributed by atoms with van der Waals surface area (Å²) in [5.74, 6) is -8.86. The number of ether oxygens (including phenoxy) is 12. The molecule has 10 saturated carbocycles. The summed E-state index contributed by atoms with van der Waals surface area (Å²) in [6, 6.07) is 15.9. The van der Waals surface area contributed by atoms with E-state index in [1.165, 1.54) is 14.2 Å². The fourth-order valence-electron chi connectivity index (χ4n) is 25.5. The summed E-state index contributed by atoms with van der Waals surface area (Å²) in [6.45, 7) is 6.12. The van der Waals surface area contributed by atoms with Crippen molar-refractivity contribution in [1.82, 2.24) is 9.80 Å². The number of methoxy groups -OCH3 is 8. The summed E-state index contributed by atoms with van der Waals surface area (Å²) < 4.78 is 78.4. The Morgan fingerprint density at radius 1 is 0.490 bits per heavy atom. The van der Waals surface area contributed by atoms with E-state index in [2.05, 4.69) is 9.80 Å². The van der Waals surface area contributed by atoms with Gasteiger partial charge in [-0.05, 0) is 74.9 Å². The summed E-state index contributed by atoms with van der Waals surface area (Å²) in [7, 11) is 12.4. The van der Waals surface area contributed by atoms with Gasteiger partial charge in [0.2, 0.25) is 0 Å². The second kappa shape index (κ2) is 24.7. The van der Waals surface area contributed by atoms with Gasteiger partial charge in [0.25, 0.3) is 0 Å². The van der Waals surface area contributed by atoms with Crippen LogP contribution < -0.4 is 0 Å². The van der Waals surface area contributed by atoms with Crippen LogP contribution in [0.25, 0.3) is 0 Å². The van der Waals surface area contributed by atoms with Crippen LogP contribution in [0.3, 0.4) is 0 Å². The van der Waals surface area contributed by atoms with E-state index in [0.717, 1.165) is 0 Å². The van der Waals surface area contributed by atoms with Crippen molar-refractivity contribution in [3.63, 3.8) is 0 Å².